The molecule has 1 aliphatic heterocycles. The van der Waals surface area contributed by atoms with Crippen molar-refractivity contribution in [1.82, 2.24) is 9.80 Å². The highest BCUT2D eigenvalue weighted by molar-refractivity contribution is 5.00. The van der Waals surface area contributed by atoms with Crippen molar-refractivity contribution in [3.63, 3.8) is 0 Å². The lowest BCUT2D eigenvalue weighted by atomic mass is 9.81. The molecule has 14 heavy (non-hydrogen) atoms. The summed E-state index contributed by atoms with van der Waals surface area (Å²) in [7, 11) is 0. The molecule has 2 fully saturated rings. The van der Waals surface area contributed by atoms with E-state index in [9.17, 15) is 0 Å². The predicted octanol–water partition coefficient (Wildman–Crippen LogP) is 1.95. The molecule has 0 spiro atoms. The van der Waals surface area contributed by atoms with Crippen LogP contribution in [0.4, 0.5) is 0 Å². The molecule has 1 heterocycles. The van der Waals surface area contributed by atoms with Crippen LogP contribution >= 0.6 is 0 Å². The van der Waals surface area contributed by atoms with Crippen LogP contribution in [0.25, 0.3) is 0 Å². The Morgan fingerprint density at radius 2 is 1.86 bits per heavy atom. The second-order valence-electron chi connectivity index (χ2n) is 5.08. The molecular weight excluding hydrogens is 172 g/mol. The van der Waals surface area contributed by atoms with Crippen LogP contribution < -0.4 is 0 Å². The summed E-state index contributed by atoms with van der Waals surface area (Å²) in [6, 6.07) is 2.52. The maximum atomic E-state index is 2.72. The Bertz CT molecular complexity index is 191. The Kier molecular flexibility index (Phi) is 3.13. The van der Waals surface area contributed by atoms with E-state index in [0.717, 1.165) is 18.1 Å². The zero-order valence-electron chi connectivity index (χ0n) is 9.87. The van der Waals surface area contributed by atoms with Crippen LogP contribution in [0.15, 0.2) is 0 Å². The van der Waals surface area contributed by atoms with Crippen molar-refractivity contribution in [2.75, 3.05) is 19.6 Å². The van der Waals surface area contributed by atoms with Gasteiger partial charge < -0.3 is 0 Å². The van der Waals surface area contributed by atoms with E-state index in [4.69, 9.17) is 0 Å². The Hall–Kier alpha value is -0.0800. The maximum absolute atomic E-state index is 2.72. The summed E-state index contributed by atoms with van der Waals surface area (Å²) in [6.07, 6.45) is 4.18. The van der Waals surface area contributed by atoms with Crippen LogP contribution in [0.1, 0.15) is 40.0 Å². The molecule has 1 saturated carbocycles. The molecule has 2 atom stereocenters. The van der Waals surface area contributed by atoms with Crippen molar-refractivity contribution < 1.29 is 0 Å². The van der Waals surface area contributed by atoms with E-state index in [1.807, 2.05) is 0 Å². The Morgan fingerprint density at radius 1 is 1.14 bits per heavy atom. The highest BCUT2D eigenvalue weighted by Crippen LogP contribution is 2.34. The average Bonchev–Trinajstić information content (AvgIpc) is 2.07. The van der Waals surface area contributed by atoms with E-state index < -0.39 is 0 Å². The molecule has 0 aromatic heterocycles. The zero-order chi connectivity index (χ0) is 10.1. The van der Waals surface area contributed by atoms with Gasteiger partial charge in [0, 0.05) is 31.2 Å². The highest BCUT2D eigenvalue weighted by atomic mass is 15.3. The third-order valence-corrected chi connectivity index (χ3v) is 3.92. The van der Waals surface area contributed by atoms with Crippen molar-refractivity contribution in [1.29, 1.82) is 0 Å². The van der Waals surface area contributed by atoms with E-state index in [2.05, 4.69) is 30.6 Å². The Labute approximate surface area is 88.3 Å². The van der Waals surface area contributed by atoms with Crippen LogP contribution in [0.3, 0.4) is 0 Å². The quantitative estimate of drug-likeness (QED) is 0.681. The van der Waals surface area contributed by atoms with E-state index in [0.29, 0.717) is 0 Å². The highest BCUT2D eigenvalue weighted by Gasteiger charge is 2.42. The minimum atomic E-state index is 0.742. The molecule has 0 radical (unpaired) electrons. The van der Waals surface area contributed by atoms with Crippen molar-refractivity contribution >= 4 is 0 Å². The van der Waals surface area contributed by atoms with Crippen molar-refractivity contribution in [2.45, 2.75) is 58.2 Å². The molecule has 82 valence electrons. The van der Waals surface area contributed by atoms with Crippen LogP contribution in [-0.4, -0.2) is 47.6 Å². The Morgan fingerprint density at radius 3 is 2.36 bits per heavy atom. The SMILES string of the molecule is CCCN1CCN(C(C)C)C2CCC21. The average molecular weight is 196 g/mol. The van der Waals surface area contributed by atoms with E-state index in [1.54, 1.807) is 0 Å². The van der Waals surface area contributed by atoms with Gasteiger partial charge in [-0.3, -0.25) is 9.80 Å². The number of hydrogen-bond donors (Lipinski definition) is 0. The van der Waals surface area contributed by atoms with Gasteiger partial charge in [-0.1, -0.05) is 6.92 Å². The zero-order valence-corrected chi connectivity index (χ0v) is 9.87. The molecule has 2 heteroatoms. The number of rotatable bonds is 3. The van der Waals surface area contributed by atoms with Crippen LogP contribution in [0.2, 0.25) is 0 Å². The van der Waals surface area contributed by atoms with Gasteiger partial charge >= 0.3 is 0 Å². The molecule has 2 nitrogen and oxygen atoms in total. The first kappa shape index (κ1) is 10.4. The van der Waals surface area contributed by atoms with Crippen LogP contribution in [-0.2, 0) is 0 Å². The smallest absolute Gasteiger partial charge is 0.0255 e. The number of nitrogens with zero attached hydrogens (tertiary/aromatic N) is 2. The fourth-order valence-electron chi connectivity index (χ4n) is 3.06. The second-order valence-corrected chi connectivity index (χ2v) is 5.08. The number of hydrogen-bond acceptors (Lipinski definition) is 2. The summed E-state index contributed by atoms with van der Waals surface area (Å²) in [5, 5.41) is 0. The van der Waals surface area contributed by atoms with Gasteiger partial charge in [0.2, 0.25) is 0 Å². The van der Waals surface area contributed by atoms with Crippen molar-refractivity contribution in [3.8, 4) is 0 Å². The molecule has 0 aromatic rings. The van der Waals surface area contributed by atoms with E-state index >= 15 is 0 Å². The lowest BCUT2D eigenvalue weighted by Gasteiger charge is -2.55. The van der Waals surface area contributed by atoms with Gasteiger partial charge in [0.25, 0.3) is 0 Å². The molecule has 0 amide bonds. The van der Waals surface area contributed by atoms with Gasteiger partial charge in [-0.25, -0.2) is 0 Å². The first-order chi connectivity index (χ1) is 6.74. The summed E-state index contributed by atoms with van der Waals surface area (Å²) >= 11 is 0. The van der Waals surface area contributed by atoms with Crippen LogP contribution in [0.5, 0.6) is 0 Å². The van der Waals surface area contributed by atoms with Gasteiger partial charge in [0.1, 0.15) is 0 Å². The fourth-order valence-corrected chi connectivity index (χ4v) is 3.06. The van der Waals surface area contributed by atoms with Gasteiger partial charge in [0.15, 0.2) is 0 Å². The normalized spacial score (nSPS) is 34.3. The topological polar surface area (TPSA) is 6.48 Å². The monoisotopic (exact) mass is 196 g/mol. The molecule has 2 unspecified atom stereocenters. The minimum absolute atomic E-state index is 0.742. The van der Waals surface area contributed by atoms with Gasteiger partial charge in [-0.05, 0) is 39.7 Å². The molecule has 2 aliphatic rings. The lowest BCUT2D eigenvalue weighted by molar-refractivity contribution is -0.0525. The molecule has 1 aliphatic carbocycles. The number of fused-ring (bicyclic) bond motifs is 1. The van der Waals surface area contributed by atoms with Gasteiger partial charge in [0.05, 0.1) is 0 Å². The van der Waals surface area contributed by atoms with Gasteiger partial charge in [-0.2, -0.15) is 0 Å². The van der Waals surface area contributed by atoms with Crippen LogP contribution in [0, 0.1) is 0 Å². The first-order valence-electron chi connectivity index (χ1n) is 6.23. The van der Waals surface area contributed by atoms with Gasteiger partial charge in [-0.15, -0.1) is 0 Å². The molecule has 0 N–H and O–H groups in total. The predicted molar refractivity (Wildman–Crippen MR) is 60.5 cm³/mol. The second kappa shape index (κ2) is 4.19. The number of piperazine rings is 1. The standard InChI is InChI=1S/C12H24N2/c1-4-7-13-8-9-14(10(2)3)12-6-5-11(12)13/h10-12H,4-9H2,1-3H3. The summed E-state index contributed by atoms with van der Waals surface area (Å²) in [4.78, 5) is 5.42. The third kappa shape index (κ3) is 1.70. The lowest BCUT2D eigenvalue weighted by Crippen LogP contribution is -2.66. The third-order valence-electron chi connectivity index (χ3n) is 3.92. The van der Waals surface area contributed by atoms with E-state index in [1.165, 1.54) is 38.9 Å². The largest absolute Gasteiger partial charge is 0.298 e. The maximum Gasteiger partial charge on any atom is 0.0255 e. The fraction of sp³-hybridized carbons (Fsp3) is 1.00. The summed E-state index contributed by atoms with van der Waals surface area (Å²) in [5.74, 6) is 0. The molecule has 1 saturated heterocycles. The van der Waals surface area contributed by atoms with E-state index in [-0.39, 0.29) is 0 Å². The van der Waals surface area contributed by atoms with Crippen molar-refractivity contribution in [2.24, 2.45) is 0 Å². The summed E-state index contributed by atoms with van der Waals surface area (Å²) in [6.45, 7) is 10.9. The van der Waals surface area contributed by atoms with Crippen molar-refractivity contribution in [3.05, 3.63) is 0 Å². The minimum Gasteiger partial charge on any atom is -0.298 e. The molecule has 2 rings (SSSR count). The molecule has 0 aromatic carbocycles. The first-order valence-corrected chi connectivity index (χ1v) is 6.23. The molecule has 0 bridgehead atoms. The summed E-state index contributed by atoms with van der Waals surface area (Å²) in [5.41, 5.74) is 0. The Balaban J connectivity index is 1.94. The summed E-state index contributed by atoms with van der Waals surface area (Å²) < 4.78 is 0. The molecular formula is C12H24N2.